The molecule has 0 aromatic carbocycles. The lowest BCUT2D eigenvalue weighted by atomic mass is 9.44. The first-order valence-corrected chi connectivity index (χ1v) is 10.2. The van der Waals surface area contributed by atoms with Crippen LogP contribution < -0.4 is 0 Å². The number of rotatable bonds is 2. The molecule has 2 N–H and O–H groups in total. The zero-order valence-corrected chi connectivity index (χ0v) is 15.8. The number of carbonyl (C=O) groups excluding carboxylic acids is 2. The lowest BCUT2D eigenvalue weighted by Gasteiger charge is -2.60. The number of aliphatic hydroxyl groups excluding tert-OH is 2. The minimum absolute atomic E-state index is 0.00997. The van der Waals surface area contributed by atoms with Gasteiger partial charge in [-0.05, 0) is 67.1 Å². The number of hydrogen-bond donors (Lipinski definition) is 2. The number of Topliss-reactive ketones (excluding diaryl/α,β-unsaturated/α-hetero) is 2. The zero-order chi connectivity index (χ0) is 18.9. The van der Waals surface area contributed by atoms with Crippen molar-refractivity contribution in [2.24, 2.45) is 40.4 Å². The number of hydrogen-bond acceptors (Lipinski definition) is 4. The molecule has 0 saturated heterocycles. The highest BCUT2D eigenvalue weighted by Gasteiger charge is 2.65. The summed E-state index contributed by atoms with van der Waals surface area (Å²) in [5.74, 6) is -0.483. The number of alkyl halides is 1. The van der Waals surface area contributed by atoms with Crippen molar-refractivity contribution in [2.45, 2.75) is 71.1 Å². The number of fused-ring (bicyclic) bond motifs is 5. The first-order valence-electron chi connectivity index (χ1n) is 10.2. The van der Waals surface area contributed by atoms with Crippen molar-refractivity contribution in [1.82, 2.24) is 0 Å². The van der Waals surface area contributed by atoms with Crippen LogP contribution in [-0.2, 0) is 9.59 Å². The van der Waals surface area contributed by atoms with Crippen LogP contribution in [0, 0.1) is 40.4 Å². The minimum Gasteiger partial charge on any atom is -0.393 e. The van der Waals surface area contributed by atoms with Crippen molar-refractivity contribution in [2.75, 3.05) is 6.61 Å². The molecular weight excluding hydrogens is 335 g/mol. The van der Waals surface area contributed by atoms with Crippen molar-refractivity contribution >= 4 is 11.6 Å². The smallest absolute Gasteiger partial charge is 0.161 e. The molecule has 5 heteroatoms. The Morgan fingerprint density at radius 3 is 2.58 bits per heavy atom. The minimum atomic E-state index is -0.987. The molecular formula is C21H31FO4. The van der Waals surface area contributed by atoms with Crippen molar-refractivity contribution in [3.8, 4) is 0 Å². The van der Waals surface area contributed by atoms with E-state index in [1.807, 2.05) is 6.92 Å². The average molecular weight is 366 g/mol. The van der Waals surface area contributed by atoms with E-state index in [2.05, 4.69) is 6.92 Å². The van der Waals surface area contributed by atoms with Crippen LogP contribution >= 0.6 is 0 Å². The van der Waals surface area contributed by atoms with Crippen molar-refractivity contribution in [3.05, 3.63) is 0 Å². The number of ketones is 2. The molecule has 0 aromatic rings. The third kappa shape index (κ3) is 2.39. The van der Waals surface area contributed by atoms with Crippen LogP contribution in [0.3, 0.4) is 0 Å². The molecule has 0 aromatic heterocycles. The number of carbonyl (C=O) groups is 2. The summed E-state index contributed by atoms with van der Waals surface area (Å²) in [5, 5.41) is 19.4. The molecule has 4 nitrogen and oxygen atoms in total. The van der Waals surface area contributed by atoms with Gasteiger partial charge in [0.05, 0.1) is 6.10 Å². The maximum Gasteiger partial charge on any atom is 0.161 e. The summed E-state index contributed by atoms with van der Waals surface area (Å²) in [6, 6.07) is 0. The SMILES string of the molecule is C[C@]12CC(=O)[C@H]3[C@@H](CC(F)C4CC(O)CC[C@@]43C)[C@@H]1CC[C@@H]2C(=O)CO. The van der Waals surface area contributed by atoms with Gasteiger partial charge < -0.3 is 10.2 Å². The third-order valence-corrected chi connectivity index (χ3v) is 8.83. The Labute approximate surface area is 154 Å². The first-order chi connectivity index (χ1) is 12.2. The van der Waals surface area contributed by atoms with Crippen LogP contribution in [0.15, 0.2) is 0 Å². The van der Waals surface area contributed by atoms with E-state index in [0.717, 1.165) is 6.42 Å². The molecule has 26 heavy (non-hydrogen) atoms. The van der Waals surface area contributed by atoms with E-state index in [4.69, 9.17) is 0 Å². The maximum atomic E-state index is 15.2. The van der Waals surface area contributed by atoms with E-state index in [-0.39, 0.29) is 46.6 Å². The van der Waals surface area contributed by atoms with Gasteiger partial charge in [0.2, 0.25) is 0 Å². The second kappa shape index (κ2) is 6.10. The lowest BCUT2D eigenvalue weighted by molar-refractivity contribution is -0.172. The Morgan fingerprint density at radius 1 is 1.15 bits per heavy atom. The molecule has 9 atom stereocenters. The largest absolute Gasteiger partial charge is 0.393 e. The molecule has 0 amide bonds. The lowest BCUT2D eigenvalue weighted by Crippen LogP contribution is -2.60. The zero-order valence-electron chi connectivity index (χ0n) is 15.8. The third-order valence-electron chi connectivity index (χ3n) is 8.83. The van der Waals surface area contributed by atoms with Crippen LogP contribution in [0.4, 0.5) is 4.39 Å². The number of halogens is 1. The maximum absolute atomic E-state index is 15.2. The fourth-order valence-electron chi connectivity index (χ4n) is 7.69. The standard InChI is InChI=1S/C21H31FO4/c1-20-6-5-11(24)7-15(20)16(22)8-12-13-3-4-14(18(26)10-23)21(13,2)9-17(25)19(12)20/h11-16,19,23-24H,3-10H2,1-2H3/t11?,12-,13-,14+,15?,16?,19+,20-,21-/m0/s1. The average Bonchev–Trinajstić information content (AvgIpc) is 2.92. The van der Waals surface area contributed by atoms with Gasteiger partial charge in [0.1, 0.15) is 18.6 Å². The van der Waals surface area contributed by atoms with E-state index >= 15 is 4.39 Å². The van der Waals surface area contributed by atoms with E-state index in [1.54, 1.807) is 0 Å². The predicted octanol–water partition coefficient (Wildman–Crippen LogP) is 2.69. The van der Waals surface area contributed by atoms with E-state index in [9.17, 15) is 19.8 Å². The molecule has 3 unspecified atom stereocenters. The van der Waals surface area contributed by atoms with Gasteiger partial charge in [0.15, 0.2) is 5.78 Å². The molecule has 146 valence electrons. The van der Waals surface area contributed by atoms with E-state index in [0.29, 0.717) is 38.5 Å². The van der Waals surface area contributed by atoms with Crippen molar-refractivity contribution in [3.63, 3.8) is 0 Å². The molecule has 4 aliphatic carbocycles. The summed E-state index contributed by atoms with van der Waals surface area (Å²) in [6.45, 7) is 3.61. The van der Waals surface area contributed by atoms with Gasteiger partial charge in [-0.15, -0.1) is 0 Å². The second-order valence-corrected chi connectivity index (χ2v) is 9.94. The molecule has 4 aliphatic rings. The molecule has 4 rings (SSSR count). The predicted molar refractivity (Wildman–Crippen MR) is 94.0 cm³/mol. The Kier molecular flexibility index (Phi) is 4.35. The summed E-state index contributed by atoms with van der Waals surface area (Å²) in [7, 11) is 0. The molecule has 0 radical (unpaired) electrons. The second-order valence-electron chi connectivity index (χ2n) is 9.94. The summed E-state index contributed by atoms with van der Waals surface area (Å²) in [5.41, 5.74) is -0.811. The summed E-state index contributed by atoms with van der Waals surface area (Å²) < 4.78 is 15.2. The van der Waals surface area contributed by atoms with Crippen LogP contribution in [-0.4, -0.2) is 40.7 Å². The molecule has 0 bridgehead atoms. The Morgan fingerprint density at radius 2 is 1.88 bits per heavy atom. The molecule has 0 aliphatic heterocycles. The van der Waals surface area contributed by atoms with E-state index in [1.165, 1.54) is 0 Å². The highest BCUT2D eigenvalue weighted by Crippen LogP contribution is 2.66. The summed E-state index contributed by atoms with van der Waals surface area (Å²) >= 11 is 0. The summed E-state index contributed by atoms with van der Waals surface area (Å²) in [4.78, 5) is 25.6. The van der Waals surface area contributed by atoms with Crippen molar-refractivity contribution < 1.29 is 24.2 Å². The first kappa shape index (κ1) is 18.5. The van der Waals surface area contributed by atoms with Crippen LogP contribution in [0.2, 0.25) is 0 Å². The molecule has 0 spiro atoms. The quantitative estimate of drug-likeness (QED) is 0.788. The van der Waals surface area contributed by atoms with Gasteiger partial charge in [-0.25, -0.2) is 4.39 Å². The Balaban J connectivity index is 1.70. The topological polar surface area (TPSA) is 74.6 Å². The van der Waals surface area contributed by atoms with Crippen molar-refractivity contribution in [1.29, 1.82) is 0 Å². The van der Waals surface area contributed by atoms with Crippen LogP contribution in [0.25, 0.3) is 0 Å². The fraction of sp³-hybridized carbons (Fsp3) is 0.905. The van der Waals surface area contributed by atoms with Crippen LogP contribution in [0.5, 0.6) is 0 Å². The molecule has 0 heterocycles. The number of aliphatic hydroxyl groups is 2. The summed E-state index contributed by atoms with van der Waals surface area (Å²) in [6.07, 6.45) is 2.66. The fourth-order valence-corrected chi connectivity index (χ4v) is 7.69. The van der Waals surface area contributed by atoms with Gasteiger partial charge in [0, 0.05) is 18.3 Å². The van der Waals surface area contributed by atoms with Gasteiger partial charge in [-0.1, -0.05) is 13.8 Å². The molecule has 4 saturated carbocycles. The van der Waals surface area contributed by atoms with Gasteiger partial charge in [-0.3, -0.25) is 9.59 Å². The molecule has 4 fully saturated rings. The normalized spacial score (nSPS) is 53.6. The van der Waals surface area contributed by atoms with Crippen LogP contribution in [0.1, 0.15) is 58.8 Å². The Bertz CT molecular complexity index is 621. The monoisotopic (exact) mass is 366 g/mol. The van der Waals surface area contributed by atoms with Gasteiger partial charge in [-0.2, -0.15) is 0 Å². The van der Waals surface area contributed by atoms with Gasteiger partial charge in [0.25, 0.3) is 0 Å². The Hall–Kier alpha value is -0.810. The van der Waals surface area contributed by atoms with Gasteiger partial charge >= 0.3 is 0 Å². The highest BCUT2D eigenvalue weighted by molar-refractivity contribution is 5.88. The van der Waals surface area contributed by atoms with E-state index < -0.39 is 24.3 Å². The highest BCUT2D eigenvalue weighted by atomic mass is 19.1.